The first-order valence-corrected chi connectivity index (χ1v) is 10.7. The van der Waals surface area contributed by atoms with Crippen LogP contribution in [0.5, 0.6) is 11.5 Å². The van der Waals surface area contributed by atoms with Crippen molar-refractivity contribution in [3.63, 3.8) is 0 Å². The molecule has 0 fully saturated rings. The summed E-state index contributed by atoms with van der Waals surface area (Å²) in [6, 6.07) is 13.6. The molecule has 0 saturated carbocycles. The SMILES string of the molecule is CCCCCCOc1c(Cl)cc(/C=C(\C#N)c2ccc(Br)cc2)cc1OCC. The summed E-state index contributed by atoms with van der Waals surface area (Å²) in [4.78, 5) is 0. The Morgan fingerprint density at radius 3 is 2.50 bits per heavy atom. The molecule has 0 heterocycles. The van der Waals surface area contributed by atoms with Crippen LogP contribution in [0.1, 0.15) is 50.7 Å². The summed E-state index contributed by atoms with van der Waals surface area (Å²) < 4.78 is 12.6. The molecule has 0 aliphatic carbocycles. The van der Waals surface area contributed by atoms with Crippen LogP contribution >= 0.6 is 27.5 Å². The lowest BCUT2D eigenvalue weighted by molar-refractivity contribution is 0.270. The van der Waals surface area contributed by atoms with E-state index in [2.05, 4.69) is 28.9 Å². The van der Waals surface area contributed by atoms with Gasteiger partial charge in [-0.05, 0) is 54.8 Å². The Labute approximate surface area is 181 Å². The number of halogens is 2. The quantitative estimate of drug-likeness (QED) is 0.208. The maximum absolute atomic E-state index is 9.57. The fourth-order valence-electron chi connectivity index (χ4n) is 2.75. The molecule has 0 bridgehead atoms. The molecule has 0 amide bonds. The lowest BCUT2D eigenvalue weighted by Gasteiger charge is -2.14. The van der Waals surface area contributed by atoms with E-state index in [-0.39, 0.29) is 0 Å². The van der Waals surface area contributed by atoms with Crippen LogP contribution in [-0.2, 0) is 0 Å². The number of benzene rings is 2. The smallest absolute Gasteiger partial charge is 0.179 e. The second-order valence-corrected chi connectivity index (χ2v) is 7.67. The minimum absolute atomic E-state index is 0.487. The molecule has 5 heteroatoms. The molecule has 2 aromatic carbocycles. The first-order chi connectivity index (χ1) is 13.6. The van der Waals surface area contributed by atoms with E-state index in [0.717, 1.165) is 28.4 Å². The van der Waals surface area contributed by atoms with Crippen LogP contribution < -0.4 is 9.47 Å². The number of nitrogens with zero attached hydrogens (tertiary/aromatic N) is 1. The molecule has 0 atom stereocenters. The molecule has 0 aliphatic rings. The molecular formula is C23H25BrClNO2. The van der Waals surface area contributed by atoms with Crippen molar-refractivity contribution in [1.82, 2.24) is 0 Å². The van der Waals surface area contributed by atoms with Gasteiger partial charge >= 0.3 is 0 Å². The Balaban J connectivity index is 2.27. The molecule has 0 saturated heterocycles. The van der Waals surface area contributed by atoms with Gasteiger partial charge in [-0.1, -0.05) is 65.8 Å². The standard InChI is InChI=1S/C23H25BrClNO2/c1-3-5-6-7-12-28-23-21(25)14-17(15-22(23)27-4-2)13-19(16-26)18-8-10-20(24)11-9-18/h8-11,13-15H,3-7,12H2,1-2H3/b19-13+. The van der Waals surface area contributed by atoms with Gasteiger partial charge in [-0.3, -0.25) is 0 Å². The van der Waals surface area contributed by atoms with Crippen LogP contribution in [0.4, 0.5) is 0 Å². The summed E-state index contributed by atoms with van der Waals surface area (Å²) in [7, 11) is 0. The first-order valence-electron chi connectivity index (χ1n) is 9.55. The molecule has 0 radical (unpaired) electrons. The highest BCUT2D eigenvalue weighted by atomic mass is 79.9. The van der Waals surface area contributed by atoms with Crippen LogP contribution in [0.3, 0.4) is 0 Å². The monoisotopic (exact) mass is 461 g/mol. The van der Waals surface area contributed by atoms with Crippen molar-refractivity contribution in [3.8, 4) is 17.6 Å². The van der Waals surface area contributed by atoms with Gasteiger partial charge < -0.3 is 9.47 Å². The topological polar surface area (TPSA) is 42.2 Å². The van der Waals surface area contributed by atoms with E-state index < -0.39 is 0 Å². The Bertz CT molecular complexity index is 841. The highest BCUT2D eigenvalue weighted by Gasteiger charge is 2.13. The van der Waals surface area contributed by atoms with Crippen molar-refractivity contribution in [3.05, 3.63) is 57.0 Å². The summed E-state index contributed by atoms with van der Waals surface area (Å²) >= 11 is 9.89. The number of ether oxygens (including phenoxy) is 2. The zero-order valence-corrected chi connectivity index (χ0v) is 18.6. The molecule has 2 aromatic rings. The van der Waals surface area contributed by atoms with Crippen molar-refractivity contribution < 1.29 is 9.47 Å². The lowest BCUT2D eigenvalue weighted by atomic mass is 10.0. The zero-order valence-electron chi connectivity index (χ0n) is 16.3. The second-order valence-electron chi connectivity index (χ2n) is 6.35. The first kappa shape index (κ1) is 22.3. The minimum atomic E-state index is 0.487. The molecule has 0 unspecified atom stereocenters. The number of rotatable bonds is 10. The third kappa shape index (κ3) is 6.58. The van der Waals surface area contributed by atoms with E-state index in [1.165, 1.54) is 12.8 Å². The van der Waals surface area contributed by atoms with E-state index in [9.17, 15) is 5.26 Å². The fourth-order valence-corrected chi connectivity index (χ4v) is 3.29. The van der Waals surface area contributed by atoms with E-state index in [1.807, 2.05) is 49.4 Å². The van der Waals surface area contributed by atoms with Gasteiger partial charge in [-0.25, -0.2) is 0 Å². The van der Waals surface area contributed by atoms with Gasteiger partial charge in [0.05, 0.1) is 29.9 Å². The van der Waals surface area contributed by atoms with Gasteiger partial charge in [0, 0.05) is 4.47 Å². The molecule has 0 aliphatic heterocycles. The molecule has 2 rings (SSSR count). The van der Waals surface area contributed by atoms with Crippen LogP contribution in [0.15, 0.2) is 40.9 Å². The number of hydrogen-bond donors (Lipinski definition) is 0. The highest BCUT2D eigenvalue weighted by molar-refractivity contribution is 9.10. The highest BCUT2D eigenvalue weighted by Crippen LogP contribution is 2.38. The van der Waals surface area contributed by atoms with Crippen LogP contribution in [0, 0.1) is 11.3 Å². The molecule has 28 heavy (non-hydrogen) atoms. The third-order valence-electron chi connectivity index (χ3n) is 4.16. The average molecular weight is 463 g/mol. The minimum Gasteiger partial charge on any atom is -0.490 e. The number of hydrogen-bond acceptors (Lipinski definition) is 3. The van der Waals surface area contributed by atoms with E-state index >= 15 is 0 Å². The van der Waals surface area contributed by atoms with Crippen molar-refractivity contribution in [2.45, 2.75) is 39.5 Å². The second kappa shape index (κ2) is 11.8. The van der Waals surface area contributed by atoms with Gasteiger partial charge in [0.15, 0.2) is 11.5 Å². The maximum atomic E-state index is 9.57. The molecule has 3 nitrogen and oxygen atoms in total. The molecule has 0 N–H and O–H groups in total. The predicted octanol–water partition coefficient (Wildman–Crippen LogP) is 7.52. The van der Waals surface area contributed by atoms with Gasteiger partial charge in [0.1, 0.15) is 0 Å². The van der Waals surface area contributed by atoms with Crippen molar-refractivity contribution in [2.24, 2.45) is 0 Å². The Hall–Kier alpha value is -1.96. The van der Waals surface area contributed by atoms with Gasteiger partial charge in [-0.15, -0.1) is 0 Å². The Kier molecular flexibility index (Phi) is 9.40. The lowest BCUT2D eigenvalue weighted by Crippen LogP contribution is -2.02. The maximum Gasteiger partial charge on any atom is 0.179 e. The molecule has 0 spiro atoms. The van der Waals surface area contributed by atoms with Crippen LogP contribution in [0.25, 0.3) is 11.6 Å². The van der Waals surface area contributed by atoms with E-state index in [4.69, 9.17) is 21.1 Å². The Morgan fingerprint density at radius 1 is 1.11 bits per heavy atom. The largest absolute Gasteiger partial charge is 0.490 e. The predicted molar refractivity (Wildman–Crippen MR) is 120 cm³/mol. The van der Waals surface area contributed by atoms with Crippen LogP contribution in [-0.4, -0.2) is 13.2 Å². The summed E-state index contributed by atoms with van der Waals surface area (Å²) in [6.07, 6.45) is 6.32. The molecular weight excluding hydrogens is 438 g/mol. The normalized spacial score (nSPS) is 11.2. The zero-order chi connectivity index (χ0) is 20.4. The number of allylic oxidation sites excluding steroid dienone is 1. The number of nitriles is 1. The van der Waals surface area contributed by atoms with Crippen LogP contribution in [0.2, 0.25) is 5.02 Å². The summed E-state index contributed by atoms with van der Waals surface area (Å²) in [6.45, 7) is 5.22. The Morgan fingerprint density at radius 2 is 1.86 bits per heavy atom. The molecule has 148 valence electrons. The molecule has 0 aromatic heterocycles. The number of unbranched alkanes of at least 4 members (excludes halogenated alkanes) is 3. The van der Waals surface area contributed by atoms with Crippen molar-refractivity contribution in [2.75, 3.05) is 13.2 Å². The summed E-state index contributed by atoms with van der Waals surface area (Å²) in [5.41, 5.74) is 2.20. The van der Waals surface area contributed by atoms with Gasteiger partial charge in [0.2, 0.25) is 0 Å². The fraction of sp³-hybridized carbons (Fsp3) is 0.348. The van der Waals surface area contributed by atoms with Crippen molar-refractivity contribution >= 4 is 39.2 Å². The average Bonchev–Trinajstić information content (AvgIpc) is 2.68. The van der Waals surface area contributed by atoms with Gasteiger partial charge in [0.25, 0.3) is 0 Å². The van der Waals surface area contributed by atoms with E-state index in [0.29, 0.717) is 35.3 Å². The third-order valence-corrected chi connectivity index (χ3v) is 4.97. The van der Waals surface area contributed by atoms with Gasteiger partial charge in [-0.2, -0.15) is 5.26 Å². The van der Waals surface area contributed by atoms with E-state index in [1.54, 1.807) is 0 Å². The van der Waals surface area contributed by atoms with Crippen molar-refractivity contribution in [1.29, 1.82) is 5.26 Å². The summed E-state index contributed by atoms with van der Waals surface area (Å²) in [5, 5.41) is 10.1. The summed E-state index contributed by atoms with van der Waals surface area (Å²) in [5.74, 6) is 1.17.